The maximum absolute atomic E-state index is 13.3. The zero-order valence-corrected chi connectivity index (χ0v) is 13.1. The van der Waals surface area contributed by atoms with E-state index in [4.69, 9.17) is 0 Å². The molecular weight excluding hydrogens is 330 g/mol. The number of benzene rings is 2. The van der Waals surface area contributed by atoms with Crippen LogP contribution in [0.4, 0.5) is 8.78 Å². The van der Waals surface area contributed by atoms with Crippen LogP contribution < -0.4 is 0 Å². The molecule has 2 rings (SSSR count). The smallest absolute Gasteiger partial charge is 0.386 e. The molecule has 0 radical (unpaired) electrons. The molecule has 1 atom stereocenters. The van der Waals surface area contributed by atoms with E-state index in [1.165, 1.54) is 0 Å². The standard InChI is InChI=1S/C15H16F2O5S/c1-21-23(19,20)15(16,17)10-22-9-14(18)13-7-6-11-4-2-3-5-12(11)8-13/h2-8,14,18H,9-10H2,1H3. The van der Waals surface area contributed by atoms with Crippen molar-refractivity contribution >= 4 is 20.9 Å². The Balaban J connectivity index is 2.00. The second kappa shape index (κ2) is 6.88. The van der Waals surface area contributed by atoms with Crippen LogP contribution in [0.3, 0.4) is 0 Å². The lowest BCUT2D eigenvalue weighted by Gasteiger charge is -2.17. The highest BCUT2D eigenvalue weighted by Gasteiger charge is 2.46. The SMILES string of the molecule is COS(=O)(=O)C(F)(F)COCC(O)c1ccc2ccccc2c1. The lowest BCUT2D eigenvalue weighted by atomic mass is 10.0. The largest absolute Gasteiger partial charge is 0.392 e. The van der Waals surface area contributed by atoms with Crippen molar-refractivity contribution in [1.29, 1.82) is 0 Å². The van der Waals surface area contributed by atoms with Gasteiger partial charge in [-0.3, -0.25) is 4.18 Å². The zero-order chi connectivity index (χ0) is 17.1. The number of ether oxygens (including phenoxy) is 1. The maximum atomic E-state index is 13.3. The fourth-order valence-corrected chi connectivity index (χ4v) is 2.47. The van der Waals surface area contributed by atoms with Crippen LogP contribution in [-0.2, 0) is 19.0 Å². The van der Waals surface area contributed by atoms with Crippen molar-refractivity contribution in [2.45, 2.75) is 11.4 Å². The molecule has 0 fully saturated rings. The number of fused-ring (bicyclic) bond motifs is 1. The Morgan fingerprint density at radius 1 is 1.17 bits per heavy atom. The minimum atomic E-state index is -5.03. The Morgan fingerprint density at radius 3 is 2.48 bits per heavy atom. The van der Waals surface area contributed by atoms with E-state index < -0.39 is 34.7 Å². The monoisotopic (exact) mass is 346 g/mol. The highest BCUT2D eigenvalue weighted by Crippen LogP contribution is 2.25. The van der Waals surface area contributed by atoms with Gasteiger partial charge in [-0.2, -0.15) is 17.2 Å². The Morgan fingerprint density at radius 2 is 1.83 bits per heavy atom. The van der Waals surface area contributed by atoms with Crippen molar-refractivity contribution in [2.75, 3.05) is 20.3 Å². The normalized spacial score (nSPS) is 14.1. The highest BCUT2D eigenvalue weighted by atomic mass is 32.2. The number of rotatable bonds is 7. The molecule has 0 saturated heterocycles. The van der Waals surface area contributed by atoms with Crippen molar-refractivity contribution in [3.8, 4) is 0 Å². The minimum absolute atomic E-state index is 0.465. The molecule has 0 heterocycles. The number of aliphatic hydroxyl groups is 1. The van der Waals surface area contributed by atoms with Gasteiger partial charge < -0.3 is 9.84 Å². The van der Waals surface area contributed by atoms with E-state index in [9.17, 15) is 22.3 Å². The summed E-state index contributed by atoms with van der Waals surface area (Å²) >= 11 is 0. The predicted octanol–water partition coefficient (Wildman–Crippen LogP) is 2.46. The number of hydrogen-bond donors (Lipinski definition) is 1. The van der Waals surface area contributed by atoms with Crippen LogP contribution in [0.5, 0.6) is 0 Å². The van der Waals surface area contributed by atoms with Gasteiger partial charge in [0.1, 0.15) is 12.7 Å². The number of aliphatic hydroxyl groups excluding tert-OH is 1. The molecule has 1 N–H and O–H groups in total. The van der Waals surface area contributed by atoms with Gasteiger partial charge >= 0.3 is 15.4 Å². The fourth-order valence-electron chi connectivity index (χ4n) is 1.99. The van der Waals surface area contributed by atoms with Crippen LogP contribution in [0.15, 0.2) is 42.5 Å². The van der Waals surface area contributed by atoms with Crippen LogP contribution in [0, 0.1) is 0 Å². The molecule has 8 heteroatoms. The molecule has 0 saturated carbocycles. The molecule has 0 amide bonds. The second-order valence-electron chi connectivity index (χ2n) is 4.90. The molecule has 23 heavy (non-hydrogen) atoms. The summed E-state index contributed by atoms with van der Waals surface area (Å²) in [5.41, 5.74) is 0.488. The van der Waals surface area contributed by atoms with E-state index in [2.05, 4.69) is 8.92 Å². The van der Waals surface area contributed by atoms with Crippen LogP contribution in [-0.4, -0.2) is 39.1 Å². The number of halogens is 2. The first-order chi connectivity index (χ1) is 10.8. The topological polar surface area (TPSA) is 72.8 Å². The molecule has 0 aromatic heterocycles. The van der Waals surface area contributed by atoms with Gasteiger partial charge in [-0.05, 0) is 22.4 Å². The molecule has 126 valence electrons. The van der Waals surface area contributed by atoms with Crippen LogP contribution in [0.25, 0.3) is 10.8 Å². The van der Waals surface area contributed by atoms with E-state index in [1.807, 2.05) is 24.3 Å². The van der Waals surface area contributed by atoms with Crippen molar-refractivity contribution < 1.29 is 31.2 Å². The molecule has 0 bridgehead atoms. The molecule has 5 nitrogen and oxygen atoms in total. The quantitative estimate of drug-likeness (QED) is 0.780. The molecule has 2 aromatic carbocycles. The summed E-state index contributed by atoms with van der Waals surface area (Å²) in [4.78, 5) is 0. The van der Waals surface area contributed by atoms with E-state index in [0.29, 0.717) is 12.7 Å². The van der Waals surface area contributed by atoms with Crippen molar-refractivity contribution in [2.24, 2.45) is 0 Å². The first kappa shape index (κ1) is 17.7. The predicted molar refractivity (Wildman–Crippen MR) is 80.6 cm³/mol. The van der Waals surface area contributed by atoms with Gasteiger partial charge in [0.05, 0.1) is 13.7 Å². The Bertz CT molecular complexity index is 776. The summed E-state index contributed by atoms with van der Waals surface area (Å²) in [5, 5.41) is 7.67. The van der Waals surface area contributed by atoms with Gasteiger partial charge in [-0.1, -0.05) is 36.4 Å². The van der Waals surface area contributed by atoms with E-state index >= 15 is 0 Å². The number of hydrogen-bond acceptors (Lipinski definition) is 5. The Hall–Kier alpha value is -1.61. The Kier molecular flexibility index (Phi) is 5.30. The van der Waals surface area contributed by atoms with E-state index in [0.717, 1.165) is 10.8 Å². The third-order valence-corrected chi connectivity index (χ3v) is 4.58. The third-order valence-electron chi connectivity index (χ3n) is 3.29. The summed E-state index contributed by atoms with van der Waals surface area (Å²) in [6.07, 6.45) is -1.15. The van der Waals surface area contributed by atoms with Crippen molar-refractivity contribution in [1.82, 2.24) is 0 Å². The molecule has 2 aromatic rings. The lowest BCUT2D eigenvalue weighted by Crippen LogP contribution is -2.35. The first-order valence-corrected chi connectivity index (χ1v) is 8.10. The van der Waals surface area contributed by atoms with Crippen LogP contribution in [0.1, 0.15) is 11.7 Å². The molecule has 0 aliphatic rings. The molecular formula is C15H16F2O5S. The van der Waals surface area contributed by atoms with Gasteiger partial charge in [0, 0.05) is 0 Å². The highest BCUT2D eigenvalue weighted by molar-refractivity contribution is 7.87. The average molecular weight is 346 g/mol. The summed E-state index contributed by atoms with van der Waals surface area (Å²) in [7, 11) is -4.38. The van der Waals surface area contributed by atoms with E-state index in [-0.39, 0.29) is 0 Å². The van der Waals surface area contributed by atoms with Gasteiger partial charge in [0.2, 0.25) is 0 Å². The zero-order valence-electron chi connectivity index (χ0n) is 12.3. The van der Waals surface area contributed by atoms with Gasteiger partial charge in [0.25, 0.3) is 0 Å². The van der Waals surface area contributed by atoms with Gasteiger partial charge in [-0.15, -0.1) is 0 Å². The fraction of sp³-hybridized carbons (Fsp3) is 0.333. The van der Waals surface area contributed by atoms with Crippen molar-refractivity contribution in [3.05, 3.63) is 48.0 Å². The second-order valence-corrected chi connectivity index (χ2v) is 6.73. The number of alkyl halides is 2. The summed E-state index contributed by atoms with van der Waals surface area (Å²) < 4.78 is 57.1. The minimum Gasteiger partial charge on any atom is -0.386 e. The average Bonchev–Trinajstić information content (AvgIpc) is 2.53. The van der Waals surface area contributed by atoms with Gasteiger partial charge in [-0.25, -0.2) is 0 Å². The third kappa shape index (κ3) is 4.03. The summed E-state index contributed by atoms with van der Waals surface area (Å²) in [6.45, 7) is -1.86. The van der Waals surface area contributed by atoms with Gasteiger partial charge in [0.15, 0.2) is 0 Å². The summed E-state index contributed by atoms with van der Waals surface area (Å²) in [5.74, 6) is 0. The summed E-state index contributed by atoms with van der Waals surface area (Å²) in [6, 6.07) is 12.6. The molecule has 0 spiro atoms. The molecule has 1 unspecified atom stereocenters. The Labute approximate surface area is 132 Å². The maximum Gasteiger partial charge on any atom is 0.392 e. The van der Waals surface area contributed by atoms with Crippen LogP contribution in [0.2, 0.25) is 0 Å². The molecule has 0 aliphatic carbocycles. The van der Waals surface area contributed by atoms with Crippen LogP contribution >= 0.6 is 0 Å². The van der Waals surface area contributed by atoms with Crippen molar-refractivity contribution in [3.63, 3.8) is 0 Å². The lowest BCUT2D eigenvalue weighted by molar-refractivity contribution is -0.0471. The van der Waals surface area contributed by atoms with E-state index in [1.54, 1.807) is 18.2 Å². The first-order valence-electron chi connectivity index (χ1n) is 6.69. The molecule has 0 aliphatic heterocycles.